The molecule has 0 saturated carbocycles. The summed E-state index contributed by atoms with van der Waals surface area (Å²) >= 11 is 0. The van der Waals surface area contributed by atoms with Crippen molar-refractivity contribution in [2.24, 2.45) is 0 Å². The molecule has 5 nitrogen and oxygen atoms in total. The molecule has 0 saturated heterocycles. The predicted molar refractivity (Wildman–Crippen MR) is 158 cm³/mol. The SMILES string of the molecule is O=C(Nc1cccc(-c2cc3c(o2)CCN(C(=O)c2ccc4ccccc4c2)C3)c1)c1ccc2ccccc2c1. The Hall–Kier alpha value is -5.16. The van der Waals surface area contributed by atoms with Crippen LogP contribution >= 0.6 is 0 Å². The molecule has 0 spiro atoms. The first-order valence-electron chi connectivity index (χ1n) is 13.4. The quantitative estimate of drug-likeness (QED) is 0.258. The van der Waals surface area contributed by atoms with Gasteiger partial charge in [-0.05, 0) is 64.0 Å². The van der Waals surface area contributed by atoms with E-state index >= 15 is 0 Å². The number of nitrogens with zero attached hydrogens (tertiary/aromatic N) is 1. The maximum atomic E-state index is 13.3. The molecular weight excluding hydrogens is 496 g/mol. The van der Waals surface area contributed by atoms with Crippen LogP contribution in [0.5, 0.6) is 0 Å². The summed E-state index contributed by atoms with van der Waals surface area (Å²) in [6.07, 6.45) is 0.660. The van der Waals surface area contributed by atoms with Crippen LogP contribution in [-0.2, 0) is 13.0 Å². The minimum absolute atomic E-state index is 0.0255. The maximum Gasteiger partial charge on any atom is 0.255 e. The predicted octanol–water partition coefficient (Wildman–Crippen LogP) is 7.70. The van der Waals surface area contributed by atoms with Crippen LogP contribution in [0.4, 0.5) is 5.69 Å². The number of benzene rings is 5. The van der Waals surface area contributed by atoms with Gasteiger partial charge >= 0.3 is 0 Å². The van der Waals surface area contributed by atoms with Gasteiger partial charge in [0.1, 0.15) is 11.5 Å². The lowest BCUT2D eigenvalue weighted by atomic mass is 10.0. The molecular formula is C35H26N2O3. The fourth-order valence-electron chi connectivity index (χ4n) is 5.44. The number of amides is 2. The number of hydrogen-bond acceptors (Lipinski definition) is 3. The lowest BCUT2D eigenvalue weighted by Crippen LogP contribution is -2.35. The van der Waals surface area contributed by atoms with Gasteiger partial charge in [-0.3, -0.25) is 9.59 Å². The van der Waals surface area contributed by atoms with Crippen molar-refractivity contribution in [1.82, 2.24) is 4.90 Å². The smallest absolute Gasteiger partial charge is 0.255 e. The standard InChI is InChI=1S/C35H26N2O3/c38-34(28-14-12-23-6-1-3-8-25(23)18-28)36-31-11-5-10-27(20-31)33-21-30-22-37(17-16-32(30)40-33)35(39)29-15-13-24-7-2-4-9-26(24)19-29/h1-15,18-21H,16-17,22H2,(H,36,38). The average Bonchev–Trinajstić information content (AvgIpc) is 3.44. The lowest BCUT2D eigenvalue weighted by molar-refractivity contribution is 0.0730. The summed E-state index contributed by atoms with van der Waals surface area (Å²) in [5.74, 6) is 1.50. The van der Waals surface area contributed by atoms with E-state index in [4.69, 9.17) is 4.42 Å². The van der Waals surface area contributed by atoms with E-state index < -0.39 is 0 Å². The summed E-state index contributed by atoms with van der Waals surface area (Å²) < 4.78 is 6.23. The van der Waals surface area contributed by atoms with E-state index in [1.54, 1.807) is 0 Å². The Bertz CT molecular complexity index is 1920. The number of anilines is 1. The van der Waals surface area contributed by atoms with Crippen LogP contribution in [0, 0.1) is 0 Å². The summed E-state index contributed by atoms with van der Waals surface area (Å²) in [5.41, 5.74) is 3.88. The van der Waals surface area contributed by atoms with Crippen molar-refractivity contribution in [2.75, 3.05) is 11.9 Å². The second-order valence-electron chi connectivity index (χ2n) is 10.2. The largest absolute Gasteiger partial charge is 0.461 e. The highest BCUT2D eigenvalue weighted by Crippen LogP contribution is 2.32. The molecule has 0 unspecified atom stereocenters. The van der Waals surface area contributed by atoms with Gasteiger partial charge < -0.3 is 14.6 Å². The number of nitrogens with one attached hydrogen (secondary N) is 1. The molecule has 0 fully saturated rings. The van der Waals surface area contributed by atoms with Crippen LogP contribution in [0.3, 0.4) is 0 Å². The molecule has 7 rings (SSSR count). The third-order valence-electron chi connectivity index (χ3n) is 7.57. The van der Waals surface area contributed by atoms with Crippen LogP contribution in [0.15, 0.2) is 120 Å². The van der Waals surface area contributed by atoms with Gasteiger partial charge in [0, 0.05) is 47.5 Å². The van der Waals surface area contributed by atoms with Gasteiger partial charge in [-0.15, -0.1) is 0 Å². The summed E-state index contributed by atoms with van der Waals surface area (Å²) in [6, 6.07) is 37.3. The molecule has 5 aromatic carbocycles. The molecule has 1 aromatic heterocycles. The van der Waals surface area contributed by atoms with Gasteiger partial charge in [-0.2, -0.15) is 0 Å². The van der Waals surface area contributed by atoms with Crippen LogP contribution in [0.2, 0.25) is 0 Å². The van der Waals surface area contributed by atoms with E-state index in [2.05, 4.69) is 5.32 Å². The van der Waals surface area contributed by atoms with Crippen molar-refractivity contribution < 1.29 is 14.0 Å². The minimum atomic E-state index is -0.163. The van der Waals surface area contributed by atoms with E-state index in [0.29, 0.717) is 36.3 Å². The highest BCUT2D eigenvalue weighted by molar-refractivity contribution is 6.06. The van der Waals surface area contributed by atoms with E-state index in [1.165, 1.54) is 0 Å². The van der Waals surface area contributed by atoms with Gasteiger partial charge in [0.25, 0.3) is 11.8 Å². The van der Waals surface area contributed by atoms with Crippen LogP contribution in [-0.4, -0.2) is 23.3 Å². The molecule has 0 bridgehead atoms. The number of hydrogen-bond donors (Lipinski definition) is 1. The topological polar surface area (TPSA) is 62.6 Å². The monoisotopic (exact) mass is 522 g/mol. The van der Waals surface area contributed by atoms with Crippen molar-refractivity contribution >= 4 is 39.0 Å². The van der Waals surface area contributed by atoms with Crippen molar-refractivity contribution in [2.45, 2.75) is 13.0 Å². The Kier molecular flexibility index (Phi) is 5.90. The van der Waals surface area contributed by atoms with Gasteiger partial charge in [-0.25, -0.2) is 0 Å². The van der Waals surface area contributed by atoms with Gasteiger partial charge in [0.2, 0.25) is 0 Å². The second kappa shape index (κ2) is 9.86. The summed E-state index contributed by atoms with van der Waals surface area (Å²) in [6.45, 7) is 1.11. The summed E-state index contributed by atoms with van der Waals surface area (Å²) in [5, 5.41) is 7.32. The van der Waals surface area contributed by atoms with Gasteiger partial charge in [-0.1, -0.05) is 72.8 Å². The molecule has 0 aliphatic carbocycles. The first kappa shape index (κ1) is 23.9. The number of rotatable bonds is 4. The number of furan rings is 1. The zero-order chi connectivity index (χ0) is 27.1. The highest BCUT2D eigenvalue weighted by Gasteiger charge is 2.25. The number of carbonyl (C=O) groups excluding carboxylic acids is 2. The fraction of sp³-hybridized carbons (Fsp3) is 0.0857. The fourth-order valence-corrected chi connectivity index (χ4v) is 5.44. The Labute approximate surface area is 231 Å². The molecule has 1 aliphatic rings. The maximum absolute atomic E-state index is 13.3. The number of carbonyl (C=O) groups is 2. The zero-order valence-electron chi connectivity index (χ0n) is 21.8. The molecule has 40 heavy (non-hydrogen) atoms. The van der Waals surface area contributed by atoms with Crippen LogP contribution in [0.25, 0.3) is 32.9 Å². The zero-order valence-corrected chi connectivity index (χ0v) is 21.8. The average molecular weight is 523 g/mol. The molecule has 5 heteroatoms. The van der Waals surface area contributed by atoms with E-state index in [1.807, 2.05) is 120 Å². The third kappa shape index (κ3) is 4.52. The van der Waals surface area contributed by atoms with Crippen molar-refractivity contribution in [3.8, 4) is 11.3 Å². The third-order valence-corrected chi connectivity index (χ3v) is 7.57. The highest BCUT2D eigenvalue weighted by atomic mass is 16.3. The molecule has 2 heterocycles. The molecule has 0 atom stereocenters. The second-order valence-corrected chi connectivity index (χ2v) is 10.2. The Morgan fingerprint density at radius 1 is 0.675 bits per heavy atom. The summed E-state index contributed by atoms with van der Waals surface area (Å²) in [7, 11) is 0. The van der Waals surface area contributed by atoms with Crippen LogP contribution in [0.1, 0.15) is 32.0 Å². The van der Waals surface area contributed by atoms with Crippen molar-refractivity contribution in [1.29, 1.82) is 0 Å². The molecule has 2 amide bonds. The normalized spacial score (nSPS) is 12.8. The number of fused-ring (bicyclic) bond motifs is 3. The Morgan fingerprint density at radius 3 is 2.10 bits per heavy atom. The molecule has 0 radical (unpaired) electrons. The van der Waals surface area contributed by atoms with Gasteiger partial charge in [0.15, 0.2) is 0 Å². The molecule has 1 N–H and O–H groups in total. The molecule has 194 valence electrons. The summed E-state index contributed by atoms with van der Waals surface area (Å²) in [4.78, 5) is 28.2. The van der Waals surface area contributed by atoms with Crippen molar-refractivity contribution in [3.05, 3.63) is 138 Å². The lowest BCUT2D eigenvalue weighted by Gasteiger charge is -2.26. The van der Waals surface area contributed by atoms with E-state index in [-0.39, 0.29) is 11.8 Å². The first-order chi connectivity index (χ1) is 19.6. The van der Waals surface area contributed by atoms with E-state index in [9.17, 15) is 9.59 Å². The molecule has 1 aliphatic heterocycles. The Morgan fingerprint density at radius 2 is 1.35 bits per heavy atom. The van der Waals surface area contributed by atoms with Crippen molar-refractivity contribution in [3.63, 3.8) is 0 Å². The first-order valence-corrected chi connectivity index (χ1v) is 13.4. The van der Waals surface area contributed by atoms with Gasteiger partial charge in [0.05, 0.1) is 0 Å². The Balaban J connectivity index is 1.08. The molecule has 6 aromatic rings. The van der Waals surface area contributed by atoms with Crippen LogP contribution < -0.4 is 5.32 Å². The van der Waals surface area contributed by atoms with E-state index in [0.717, 1.165) is 44.2 Å². The minimum Gasteiger partial charge on any atom is -0.461 e.